The predicted molar refractivity (Wildman–Crippen MR) is 127 cm³/mol. The van der Waals surface area contributed by atoms with E-state index in [1.54, 1.807) is 33.8 Å². The summed E-state index contributed by atoms with van der Waals surface area (Å²) >= 11 is 12.2. The second kappa shape index (κ2) is 8.65. The molecule has 10 heteroatoms. The first-order chi connectivity index (χ1) is 16.0. The molecule has 0 spiro atoms. The van der Waals surface area contributed by atoms with E-state index < -0.39 is 0 Å². The van der Waals surface area contributed by atoms with E-state index in [0.717, 1.165) is 16.5 Å². The fourth-order valence-corrected chi connectivity index (χ4v) is 3.95. The zero-order valence-corrected chi connectivity index (χ0v) is 18.9. The van der Waals surface area contributed by atoms with Gasteiger partial charge in [0.1, 0.15) is 6.33 Å². The van der Waals surface area contributed by atoms with Gasteiger partial charge in [0.25, 0.3) is 5.91 Å². The summed E-state index contributed by atoms with van der Waals surface area (Å²) in [6, 6.07) is 14.5. The van der Waals surface area contributed by atoms with E-state index in [-0.39, 0.29) is 11.9 Å². The topological polar surface area (TPSA) is 90.5 Å². The van der Waals surface area contributed by atoms with Crippen molar-refractivity contribution in [2.45, 2.75) is 6.54 Å². The van der Waals surface area contributed by atoms with Gasteiger partial charge in [0.2, 0.25) is 5.95 Å². The molecule has 0 fully saturated rings. The molecule has 2 aromatic carbocycles. The van der Waals surface area contributed by atoms with Gasteiger partial charge in [0.05, 0.1) is 29.5 Å². The standard InChI is InChI=1S/C23H17Cl2N7O/c1-31-11-15(10-27-31)21-9-18(17-4-2-3-5-20(17)28-21)22(33)29-23-26-13-32(30-23)12-14-6-7-16(24)8-19(14)25/h2-11,13H,12H2,1H3,(H,29,30,33). The summed E-state index contributed by atoms with van der Waals surface area (Å²) in [5.41, 5.74) is 3.49. The van der Waals surface area contributed by atoms with Crippen LogP contribution < -0.4 is 5.32 Å². The van der Waals surface area contributed by atoms with Crippen LogP contribution in [0.5, 0.6) is 0 Å². The number of nitrogens with one attached hydrogen (secondary N) is 1. The van der Waals surface area contributed by atoms with Gasteiger partial charge in [-0.25, -0.2) is 14.6 Å². The Balaban J connectivity index is 1.42. The summed E-state index contributed by atoms with van der Waals surface area (Å²) in [6.45, 7) is 0.391. The molecule has 3 aromatic heterocycles. The Morgan fingerprint density at radius 2 is 1.97 bits per heavy atom. The van der Waals surface area contributed by atoms with Gasteiger partial charge in [-0.1, -0.05) is 47.5 Å². The second-order valence-electron chi connectivity index (χ2n) is 7.43. The monoisotopic (exact) mass is 477 g/mol. The van der Waals surface area contributed by atoms with Crippen LogP contribution in [-0.4, -0.2) is 35.4 Å². The number of hydrogen-bond donors (Lipinski definition) is 1. The molecule has 8 nitrogen and oxygen atoms in total. The van der Waals surface area contributed by atoms with Crippen LogP contribution in [0.2, 0.25) is 10.0 Å². The van der Waals surface area contributed by atoms with Crippen LogP contribution >= 0.6 is 23.2 Å². The van der Waals surface area contributed by atoms with Gasteiger partial charge in [0, 0.05) is 34.2 Å². The van der Waals surface area contributed by atoms with E-state index in [9.17, 15) is 4.79 Å². The molecule has 0 aliphatic carbocycles. The minimum Gasteiger partial charge on any atom is -0.289 e. The molecule has 0 unspecified atom stereocenters. The second-order valence-corrected chi connectivity index (χ2v) is 8.27. The highest BCUT2D eigenvalue weighted by atomic mass is 35.5. The number of aromatic nitrogens is 6. The third-order valence-electron chi connectivity index (χ3n) is 5.07. The summed E-state index contributed by atoms with van der Waals surface area (Å²) in [7, 11) is 1.83. The van der Waals surface area contributed by atoms with Crippen LogP contribution in [0.4, 0.5) is 5.95 Å². The normalized spacial score (nSPS) is 11.1. The summed E-state index contributed by atoms with van der Waals surface area (Å²) in [5.74, 6) is -0.144. The van der Waals surface area contributed by atoms with Crippen molar-refractivity contribution in [3.8, 4) is 11.3 Å². The smallest absolute Gasteiger partial charge is 0.258 e. The molecule has 33 heavy (non-hydrogen) atoms. The summed E-state index contributed by atoms with van der Waals surface area (Å²) in [5, 5.41) is 13.2. The minimum absolute atomic E-state index is 0.189. The molecule has 0 bridgehead atoms. The molecule has 0 saturated heterocycles. The number of aryl methyl sites for hydroxylation is 1. The summed E-state index contributed by atoms with van der Waals surface area (Å²) in [4.78, 5) is 22.1. The van der Waals surface area contributed by atoms with E-state index in [2.05, 4.69) is 25.5 Å². The molecular weight excluding hydrogens is 461 g/mol. The maximum absolute atomic E-state index is 13.2. The van der Waals surface area contributed by atoms with Crippen molar-refractivity contribution in [2.75, 3.05) is 5.32 Å². The average Bonchev–Trinajstić information content (AvgIpc) is 3.43. The van der Waals surface area contributed by atoms with Crippen molar-refractivity contribution >= 4 is 46.0 Å². The number of rotatable bonds is 5. The molecule has 0 aliphatic rings. The fourth-order valence-electron chi connectivity index (χ4n) is 3.49. The average molecular weight is 478 g/mol. The third-order valence-corrected chi connectivity index (χ3v) is 5.66. The maximum atomic E-state index is 13.2. The zero-order chi connectivity index (χ0) is 22.9. The fraction of sp³-hybridized carbons (Fsp3) is 0.0870. The Kier molecular flexibility index (Phi) is 5.53. The molecule has 0 aliphatic heterocycles. The molecule has 0 atom stereocenters. The zero-order valence-electron chi connectivity index (χ0n) is 17.4. The van der Waals surface area contributed by atoms with Crippen LogP contribution in [0.15, 0.2) is 67.3 Å². The molecule has 1 N–H and O–H groups in total. The van der Waals surface area contributed by atoms with Gasteiger partial charge in [-0.15, -0.1) is 5.10 Å². The van der Waals surface area contributed by atoms with Gasteiger partial charge < -0.3 is 0 Å². The molecule has 164 valence electrons. The van der Waals surface area contributed by atoms with Crippen LogP contribution in [-0.2, 0) is 13.6 Å². The van der Waals surface area contributed by atoms with Gasteiger partial charge in [-0.3, -0.25) is 14.8 Å². The van der Waals surface area contributed by atoms with Crippen molar-refractivity contribution in [2.24, 2.45) is 7.05 Å². The van der Waals surface area contributed by atoms with Crippen LogP contribution in [0.25, 0.3) is 22.2 Å². The highest BCUT2D eigenvalue weighted by molar-refractivity contribution is 6.35. The minimum atomic E-state index is -0.332. The molecule has 0 radical (unpaired) electrons. The van der Waals surface area contributed by atoms with Crippen LogP contribution in [0, 0.1) is 0 Å². The Morgan fingerprint density at radius 3 is 2.76 bits per heavy atom. The van der Waals surface area contributed by atoms with Crippen molar-refractivity contribution in [1.29, 1.82) is 0 Å². The van der Waals surface area contributed by atoms with Gasteiger partial charge in [-0.2, -0.15) is 5.10 Å². The Labute approximate surface area is 198 Å². The lowest BCUT2D eigenvalue weighted by atomic mass is 10.1. The predicted octanol–water partition coefficient (Wildman–Crippen LogP) is 4.83. The highest BCUT2D eigenvalue weighted by Crippen LogP contribution is 2.25. The number of para-hydroxylation sites is 1. The van der Waals surface area contributed by atoms with E-state index in [1.807, 2.05) is 43.6 Å². The summed E-state index contributed by atoms with van der Waals surface area (Å²) in [6.07, 6.45) is 5.10. The van der Waals surface area contributed by atoms with Crippen molar-refractivity contribution in [3.05, 3.63) is 88.4 Å². The van der Waals surface area contributed by atoms with Gasteiger partial charge >= 0.3 is 0 Å². The quantitative estimate of drug-likeness (QED) is 0.391. The largest absolute Gasteiger partial charge is 0.289 e. The van der Waals surface area contributed by atoms with Gasteiger partial charge in [0.15, 0.2) is 0 Å². The Bertz CT molecular complexity index is 1490. The molecule has 3 heterocycles. The van der Waals surface area contributed by atoms with Crippen molar-refractivity contribution < 1.29 is 4.79 Å². The third kappa shape index (κ3) is 4.44. The van der Waals surface area contributed by atoms with E-state index in [1.165, 1.54) is 6.33 Å². The number of amides is 1. The first kappa shape index (κ1) is 21.1. The maximum Gasteiger partial charge on any atom is 0.258 e. The SMILES string of the molecule is Cn1cc(-c2cc(C(=O)Nc3ncn(Cc4ccc(Cl)cc4Cl)n3)c3ccccc3n2)cn1. The Morgan fingerprint density at radius 1 is 1.12 bits per heavy atom. The first-order valence-electron chi connectivity index (χ1n) is 10.00. The lowest BCUT2D eigenvalue weighted by Gasteiger charge is -2.08. The number of benzene rings is 2. The van der Waals surface area contributed by atoms with Crippen molar-refractivity contribution in [1.82, 2.24) is 29.5 Å². The van der Waals surface area contributed by atoms with Crippen LogP contribution in [0.1, 0.15) is 15.9 Å². The number of halogens is 2. The molecule has 5 aromatic rings. The molecule has 1 amide bonds. The number of carbonyl (C=O) groups is 1. The molecule has 5 rings (SSSR count). The number of nitrogens with zero attached hydrogens (tertiary/aromatic N) is 6. The lowest BCUT2D eigenvalue weighted by Crippen LogP contribution is -2.14. The Hall–Kier alpha value is -3.75. The summed E-state index contributed by atoms with van der Waals surface area (Å²) < 4.78 is 3.28. The van der Waals surface area contributed by atoms with E-state index in [0.29, 0.717) is 33.4 Å². The van der Waals surface area contributed by atoms with Crippen molar-refractivity contribution in [3.63, 3.8) is 0 Å². The van der Waals surface area contributed by atoms with Gasteiger partial charge in [-0.05, 0) is 29.8 Å². The number of carbonyl (C=O) groups excluding carboxylic acids is 1. The highest BCUT2D eigenvalue weighted by Gasteiger charge is 2.16. The first-order valence-corrected chi connectivity index (χ1v) is 10.8. The number of hydrogen-bond acceptors (Lipinski definition) is 5. The molecular formula is C23H17Cl2N7O. The number of anilines is 1. The number of pyridine rings is 1. The van der Waals surface area contributed by atoms with Crippen LogP contribution in [0.3, 0.4) is 0 Å². The van der Waals surface area contributed by atoms with E-state index >= 15 is 0 Å². The van der Waals surface area contributed by atoms with E-state index in [4.69, 9.17) is 23.2 Å². The number of fused-ring (bicyclic) bond motifs is 1. The lowest BCUT2D eigenvalue weighted by molar-refractivity contribution is 0.102. The molecule has 0 saturated carbocycles.